The molecule has 0 radical (unpaired) electrons. The van der Waals surface area contributed by atoms with Crippen LogP contribution in [-0.2, 0) is 18.3 Å². The number of pyridine rings is 1. The van der Waals surface area contributed by atoms with E-state index in [1.807, 2.05) is 25.1 Å². The van der Waals surface area contributed by atoms with Crippen LogP contribution in [0.1, 0.15) is 49.3 Å². The Labute approximate surface area is 154 Å². The van der Waals surface area contributed by atoms with Crippen LogP contribution in [0.15, 0.2) is 36.7 Å². The topological polar surface area (TPSA) is 55.1 Å². The Bertz CT molecular complexity index is 850. The number of hydrogen-bond acceptors (Lipinski definition) is 4. The van der Waals surface area contributed by atoms with Crippen molar-refractivity contribution in [3.05, 3.63) is 53.3 Å². The Morgan fingerprint density at radius 3 is 2.62 bits per heavy atom. The molecule has 0 N–H and O–H groups in total. The Morgan fingerprint density at radius 2 is 1.96 bits per heavy atom. The maximum atomic E-state index is 10.1. The second kappa shape index (κ2) is 6.32. The minimum Gasteiger partial charge on any atom is -0.493 e. The lowest BCUT2D eigenvalue weighted by atomic mass is 9.75. The molecule has 1 aromatic heterocycles. The van der Waals surface area contributed by atoms with Gasteiger partial charge in [0.2, 0.25) is 0 Å². The molecular formula is C22H24N2O2. The molecular weight excluding hydrogens is 324 g/mol. The van der Waals surface area contributed by atoms with Gasteiger partial charge in [0.15, 0.2) is 11.5 Å². The van der Waals surface area contributed by atoms with Crippen LogP contribution in [0.25, 0.3) is 0 Å². The Morgan fingerprint density at radius 1 is 1.23 bits per heavy atom. The summed E-state index contributed by atoms with van der Waals surface area (Å²) in [7, 11) is 1.68. The zero-order valence-corrected chi connectivity index (χ0v) is 15.4. The van der Waals surface area contributed by atoms with Crippen molar-refractivity contribution in [1.29, 1.82) is 5.26 Å². The normalized spacial score (nSPS) is 19.4. The molecule has 1 saturated carbocycles. The van der Waals surface area contributed by atoms with Gasteiger partial charge in [0.05, 0.1) is 18.6 Å². The molecule has 1 aliphatic heterocycles. The summed E-state index contributed by atoms with van der Waals surface area (Å²) >= 11 is 0. The maximum Gasteiger partial charge on any atom is 0.165 e. The Kier molecular flexibility index (Phi) is 4.11. The summed E-state index contributed by atoms with van der Waals surface area (Å²) in [6.45, 7) is 2.02. The van der Waals surface area contributed by atoms with Crippen molar-refractivity contribution in [1.82, 2.24) is 4.98 Å². The van der Waals surface area contributed by atoms with Gasteiger partial charge in [-0.25, -0.2) is 0 Å². The molecule has 4 rings (SSSR count). The molecule has 4 nitrogen and oxygen atoms in total. The van der Waals surface area contributed by atoms with Crippen LogP contribution in [0.4, 0.5) is 0 Å². The lowest BCUT2D eigenvalue weighted by molar-refractivity contribution is 0.0996. The SMILES string of the molecule is COc1ccc(C(C)(C#N)Cc2ccncc2)c2c1OC1(CCCC1)C2. The van der Waals surface area contributed by atoms with Crippen LogP contribution in [0.2, 0.25) is 0 Å². The van der Waals surface area contributed by atoms with Crippen LogP contribution in [0, 0.1) is 11.3 Å². The average Bonchev–Trinajstić information content (AvgIpc) is 3.28. The summed E-state index contributed by atoms with van der Waals surface area (Å²) in [5.41, 5.74) is 2.62. The van der Waals surface area contributed by atoms with Crippen LogP contribution >= 0.6 is 0 Å². The van der Waals surface area contributed by atoms with Gasteiger partial charge in [0, 0.05) is 24.4 Å². The highest BCUT2D eigenvalue weighted by atomic mass is 16.5. The van der Waals surface area contributed by atoms with E-state index in [1.54, 1.807) is 19.5 Å². The molecule has 134 valence electrons. The van der Waals surface area contributed by atoms with Gasteiger partial charge in [-0.2, -0.15) is 5.26 Å². The van der Waals surface area contributed by atoms with E-state index >= 15 is 0 Å². The van der Waals surface area contributed by atoms with Crippen molar-refractivity contribution in [3.63, 3.8) is 0 Å². The molecule has 1 unspecified atom stereocenters. The van der Waals surface area contributed by atoms with Crippen molar-refractivity contribution in [3.8, 4) is 17.6 Å². The minimum atomic E-state index is -0.620. The summed E-state index contributed by atoms with van der Waals surface area (Å²) in [5, 5.41) is 10.1. The summed E-state index contributed by atoms with van der Waals surface area (Å²) < 4.78 is 12.0. The van der Waals surface area contributed by atoms with E-state index < -0.39 is 5.41 Å². The lowest BCUT2D eigenvalue weighted by Gasteiger charge is -2.25. The summed E-state index contributed by atoms with van der Waals surface area (Å²) in [6.07, 6.45) is 9.66. The monoisotopic (exact) mass is 348 g/mol. The predicted octanol–water partition coefficient (Wildman–Crippen LogP) is 4.36. The molecule has 2 aromatic rings. The van der Waals surface area contributed by atoms with E-state index in [2.05, 4.69) is 17.1 Å². The van der Waals surface area contributed by atoms with Gasteiger partial charge in [-0.1, -0.05) is 6.07 Å². The van der Waals surface area contributed by atoms with Gasteiger partial charge in [0.1, 0.15) is 5.60 Å². The molecule has 0 bridgehead atoms. The second-order valence-electron chi connectivity index (χ2n) is 7.77. The second-order valence-corrected chi connectivity index (χ2v) is 7.77. The van der Waals surface area contributed by atoms with Crippen LogP contribution < -0.4 is 9.47 Å². The molecule has 0 saturated heterocycles. The number of nitrogens with zero attached hydrogens (tertiary/aromatic N) is 2. The minimum absolute atomic E-state index is 0.0985. The van der Waals surface area contributed by atoms with E-state index in [0.717, 1.165) is 47.5 Å². The molecule has 1 atom stereocenters. The molecule has 26 heavy (non-hydrogen) atoms. The average molecular weight is 348 g/mol. The maximum absolute atomic E-state index is 10.1. The van der Waals surface area contributed by atoms with Crippen LogP contribution in [0.5, 0.6) is 11.5 Å². The molecule has 0 amide bonds. The number of fused-ring (bicyclic) bond motifs is 1. The highest BCUT2D eigenvalue weighted by Crippen LogP contribution is 2.51. The van der Waals surface area contributed by atoms with Crippen LogP contribution in [-0.4, -0.2) is 17.7 Å². The number of benzene rings is 1. The fourth-order valence-electron chi connectivity index (χ4n) is 4.55. The van der Waals surface area contributed by atoms with E-state index in [-0.39, 0.29) is 5.60 Å². The highest BCUT2D eigenvalue weighted by molar-refractivity contribution is 5.58. The van der Waals surface area contributed by atoms with Crippen molar-refractivity contribution in [2.75, 3.05) is 7.11 Å². The van der Waals surface area contributed by atoms with Crippen molar-refractivity contribution >= 4 is 0 Å². The standard InChI is InChI=1S/C22H24N2O2/c1-21(15-23,13-16-7-11-24-12-8-16)18-5-6-19(25-2)20-17(18)14-22(26-20)9-3-4-10-22/h5-8,11-12H,3-4,9-10,13-14H2,1-2H3. The number of hydrogen-bond donors (Lipinski definition) is 0. The van der Waals surface area contributed by atoms with E-state index in [4.69, 9.17) is 9.47 Å². The summed E-state index contributed by atoms with van der Waals surface area (Å²) in [6, 6.07) is 10.5. The molecule has 1 aromatic carbocycles. The van der Waals surface area contributed by atoms with Gasteiger partial charge in [-0.15, -0.1) is 0 Å². The summed E-state index contributed by atoms with van der Waals surface area (Å²) in [4.78, 5) is 4.08. The Balaban J connectivity index is 1.78. The van der Waals surface area contributed by atoms with Crippen molar-refractivity contribution in [2.45, 2.75) is 56.5 Å². The third-order valence-corrected chi connectivity index (χ3v) is 5.92. The Hall–Kier alpha value is -2.54. The molecule has 4 heteroatoms. The summed E-state index contributed by atoms with van der Waals surface area (Å²) in [5.74, 6) is 1.62. The first kappa shape index (κ1) is 16.9. The van der Waals surface area contributed by atoms with Gasteiger partial charge in [-0.05, 0) is 68.4 Å². The lowest BCUT2D eigenvalue weighted by Crippen LogP contribution is -2.30. The number of ether oxygens (including phenoxy) is 2. The van der Waals surface area contributed by atoms with E-state index in [9.17, 15) is 5.26 Å². The first-order valence-corrected chi connectivity index (χ1v) is 9.29. The van der Waals surface area contributed by atoms with Crippen molar-refractivity contribution in [2.24, 2.45) is 0 Å². The van der Waals surface area contributed by atoms with Gasteiger partial charge >= 0.3 is 0 Å². The van der Waals surface area contributed by atoms with E-state index in [1.165, 1.54) is 12.8 Å². The highest BCUT2D eigenvalue weighted by Gasteiger charge is 2.46. The predicted molar refractivity (Wildman–Crippen MR) is 99.4 cm³/mol. The number of methoxy groups -OCH3 is 1. The van der Waals surface area contributed by atoms with Crippen LogP contribution in [0.3, 0.4) is 0 Å². The number of rotatable bonds is 4. The number of aromatic nitrogens is 1. The molecule has 1 spiro atoms. The third kappa shape index (κ3) is 2.72. The van der Waals surface area contributed by atoms with Gasteiger partial charge in [-0.3, -0.25) is 4.98 Å². The van der Waals surface area contributed by atoms with Gasteiger partial charge in [0.25, 0.3) is 0 Å². The fourth-order valence-corrected chi connectivity index (χ4v) is 4.55. The first-order chi connectivity index (χ1) is 12.6. The fraction of sp³-hybridized carbons (Fsp3) is 0.455. The van der Waals surface area contributed by atoms with Gasteiger partial charge < -0.3 is 9.47 Å². The smallest absolute Gasteiger partial charge is 0.165 e. The largest absolute Gasteiger partial charge is 0.493 e. The molecule has 1 aliphatic carbocycles. The molecule has 1 fully saturated rings. The van der Waals surface area contributed by atoms with Crippen molar-refractivity contribution < 1.29 is 9.47 Å². The zero-order chi connectivity index (χ0) is 18.2. The quantitative estimate of drug-likeness (QED) is 0.824. The van der Waals surface area contributed by atoms with E-state index in [0.29, 0.717) is 6.42 Å². The first-order valence-electron chi connectivity index (χ1n) is 9.29. The zero-order valence-electron chi connectivity index (χ0n) is 15.4. The third-order valence-electron chi connectivity index (χ3n) is 5.92. The molecule has 2 aliphatic rings. The molecule has 2 heterocycles. The number of nitriles is 1.